The van der Waals surface area contributed by atoms with Crippen molar-refractivity contribution in [1.29, 1.82) is 0 Å². The molecule has 0 bridgehead atoms. The predicted molar refractivity (Wildman–Crippen MR) is 168 cm³/mol. The van der Waals surface area contributed by atoms with Crippen LogP contribution in [0.25, 0.3) is 0 Å². The third kappa shape index (κ3) is 8.06. The van der Waals surface area contributed by atoms with E-state index < -0.39 is 34.4 Å². The quantitative estimate of drug-likeness (QED) is 0.271. The number of amides is 2. The number of rotatable bonds is 14. The lowest BCUT2D eigenvalue weighted by Crippen LogP contribution is -2.52. The van der Waals surface area contributed by atoms with Crippen molar-refractivity contribution in [2.24, 2.45) is 0 Å². The number of carbonyl (C=O) groups excluding carboxylic acids is 2. The Morgan fingerprint density at radius 2 is 1.50 bits per heavy atom. The second-order valence-corrected chi connectivity index (χ2v) is 12.4. The Kier molecular flexibility index (Phi) is 11.7. The average Bonchev–Trinajstić information content (AvgIpc) is 3.01. The van der Waals surface area contributed by atoms with Gasteiger partial charge in [-0.3, -0.25) is 13.9 Å². The number of nitrogens with one attached hydrogen (secondary N) is 1. The molecule has 0 radical (unpaired) electrons. The van der Waals surface area contributed by atoms with Crippen LogP contribution in [-0.2, 0) is 26.2 Å². The van der Waals surface area contributed by atoms with Gasteiger partial charge in [0.25, 0.3) is 10.0 Å². The number of nitrogens with zero attached hydrogens (tertiary/aromatic N) is 2. The van der Waals surface area contributed by atoms with Gasteiger partial charge in [0.05, 0.1) is 39.0 Å². The van der Waals surface area contributed by atoms with Gasteiger partial charge in [-0.25, -0.2) is 8.42 Å². The zero-order chi connectivity index (χ0) is 32.6. The summed E-state index contributed by atoms with van der Waals surface area (Å²) in [7, 11) is 1.27. The molecule has 0 spiro atoms. The highest BCUT2D eigenvalue weighted by Crippen LogP contribution is 2.37. The lowest BCUT2D eigenvalue weighted by Gasteiger charge is -2.32. The molecule has 0 aliphatic carbocycles. The minimum atomic E-state index is -4.45. The first-order chi connectivity index (χ1) is 20.9. The van der Waals surface area contributed by atoms with Gasteiger partial charge in [0, 0.05) is 23.7 Å². The lowest BCUT2D eigenvalue weighted by atomic mass is 10.1. The first-order valence-corrected chi connectivity index (χ1v) is 15.5. The number of halogens is 1. The Bertz CT molecular complexity index is 1580. The predicted octanol–water partition coefficient (Wildman–Crippen LogP) is 4.51. The Morgan fingerprint density at radius 1 is 0.841 bits per heavy atom. The molecule has 1 atom stereocenters. The molecule has 13 heteroatoms. The van der Waals surface area contributed by atoms with E-state index >= 15 is 0 Å². The van der Waals surface area contributed by atoms with Crippen molar-refractivity contribution in [2.75, 3.05) is 39.3 Å². The number of methoxy groups -OCH3 is 4. The molecule has 3 aromatic rings. The van der Waals surface area contributed by atoms with E-state index in [0.717, 1.165) is 4.31 Å². The van der Waals surface area contributed by atoms with Crippen molar-refractivity contribution in [2.45, 2.75) is 44.3 Å². The van der Waals surface area contributed by atoms with Gasteiger partial charge in [0.15, 0.2) is 11.5 Å². The Balaban J connectivity index is 2.16. The summed E-state index contributed by atoms with van der Waals surface area (Å²) in [4.78, 5) is 28.5. The molecule has 1 N–H and O–H groups in total. The van der Waals surface area contributed by atoms with Crippen LogP contribution in [0.1, 0.15) is 26.3 Å². The summed E-state index contributed by atoms with van der Waals surface area (Å²) >= 11 is 6.30. The lowest BCUT2D eigenvalue weighted by molar-refractivity contribution is -0.139. The highest BCUT2D eigenvalue weighted by Gasteiger charge is 2.34. The second-order valence-electron chi connectivity index (χ2n) is 10.1. The van der Waals surface area contributed by atoms with E-state index in [1.807, 2.05) is 13.8 Å². The molecule has 3 rings (SSSR count). The zero-order valence-corrected chi connectivity index (χ0v) is 27.4. The largest absolute Gasteiger partial charge is 0.497 e. The summed E-state index contributed by atoms with van der Waals surface area (Å²) in [6.45, 7) is 4.52. The SMILES string of the molecule is COc1cccc(CN(C(=O)CN(c2cc(Cl)ccc2OC)S(=O)(=O)c2ccc(OC)c(OC)c2)[C@@H](C)C(=O)NC(C)C)c1. The maximum absolute atomic E-state index is 14.3. The first-order valence-electron chi connectivity index (χ1n) is 13.7. The van der Waals surface area contributed by atoms with Crippen LogP contribution in [0.15, 0.2) is 65.6 Å². The fourth-order valence-corrected chi connectivity index (χ4v) is 6.03. The Labute approximate surface area is 263 Å². The molecule has 0 heterocycles. The number of benzene rings is 3. The smallest absolute Gasteiger partial charge is 0.265 e. The minimum Gasteiger partial charge on any atom is -0.497 e. The van der Waals surface area contributed by atoms with Crippen LogP contribution in [0.4, 0.5) is 5.69 Å². The molecule has 0 unspecified atom stereocenters. The van der Waals surface area contributed by atoms with E-state index in [1.54, 1.807) is 37.3 Å². The molecule has 44 heavy (non-hydrogen) atoms. The van der Waals surface area contributed by atoms with Crippen LogP contribution in [0, 0.1) is 0 Å². The summed E-state index contributed by atoms with van der Waals surface area (Å²) < 4.78 is 50.9. The highest BCUT2D eigenvalue weighted by atomic mass is 35.5. The number of ether oxygens (including phenoxy) is 4. The van der Waals surface area contributed by atoms with E-state index in [-0.39, 0.29) is 39.7 Å². The summed E-state index contributed by atoms with van der Waals surface area (Å²) in [6, 6.07) is 14.5. The van der Waals surface area contributed by atoms with Crippen LogP contribution >= 0.6 is 11.6 Å². The maximum atomic E-state index is 14.3. The van der Waals surface area contributed by atoms with Gasteiger partial charge < -0.3 is 29.2 Å². The third-order valence-corrected chi connectivity index (χ3v) is 8.71. The van der Waals surface area contributed by atoms with Gasteiger partial charge in [-0.1, -0.05) is 23.7 Å². The van der Waals surface area contributed by atoms with Gasteiger partial charge in [0.1, 0.15) is 24.1 Å². The number of hydrogen-bond donors (Lipinski definition) is 1. The van der Waals surface area contributed by atoms with Crippen LogP contribution in [0.3, 0.4) is 0 Å². The van der Waals surface area contributed by atoms with Crippen LogP contribution in [-0.4, -0.2) is 72.2 Å². The van der Waals surface area contributed by atoms with Gasteiger partial charge in [0.2, 0.25) is 11.8 Å². The summed E-state index contributed by atoms with van der Waals surface area (Å²) in [5, 5.41) is 3.04. The van der Waals surface area contributed by atoms with Gasteiger partial charge in [-0.15, -0.1) is 0 Å². The van der Waals surface area contributed by atoms with Crippen molar-refractivity contribution in [3.8, 4) is 23.0 Å². The highest BCUT2D eigenvalue weighted by molar-refractivity contribution is 7.92. The Morgan fingerprint density at radius 3 is 2.11 bits per heavy atom. The van der Waals surface area contributed by atoms with Gasteiger partial charge in [-0.05, 0) is 68.8 Å². The normalized spacial score (nSPS) is 11.8. The van der Waals surface area contributed by atoms with Gasteiger partial charge in [-0.2, -0.15) is 0 Å². The fourth-order valence-electron chi connectivity index (χ4n) is 4.43. The molecular weight excluding hydrogens is 610 g/mol. The van der Waals surface area contributed by atoms with E-state index in [0.29, 0.717) is 17.1 Å². The molecule has 0 fully saturated rings. The topological polar surface area (TPSA) is 124 Å². The molecular formula is C31H38ClN3O8S. The molecule has 0 aromatic heterocycles. The fraction of sp³-hybridized carbons (Fsp3) is 0.355. The van der Waals surface area contributed by atoms with Crippen LogP contribution in [0.2, 0.25) is 5.02 Å². The average molecular weight is 648 g/mol. The third-order valence-electron chi connectivity index (χ3n) is 6.72. The molecule has 0 aliphatic rings. The summed E-state index contributed by atoms with van der Waals surface area (Å²) in [6.07, 6.45) is 0. The molecule has 0 saturated carbocycles. The molecule has 3 aromatic carbocycles. The van der Waals surface area contributed by atoms with Crippen molar-refractivity contribution >= 4 is 39.1 Å². The van der Waals surface area contributed by atoms with E-state index in [2.05, 4.69) is 5.32 Å². The number of sulfonamides is 1. The van der Waals surface area contributed by atoms with Crippen LogP contribution < -0.4 is 28.6 Å². The standard InChI is InChI=1S/C31H38ClN3O8S/c1-20(2)33-31(37)21(3)34(18-22-9-8-10-24(15-22)40-4)30(36)19-35(26-16-23(32)11-13-27(26)41-5)44(38,39)25-12-14-28(42-6)29(17-25)43-7/h8-17,20-21H,18-19H2,1-7H3,(H,33,37)/t21-/m0/s1. The summed E-state index contributed by atoms with van der Waals surface area (Å²) in [5.74, 6) is 0.184. The first kappa shape index (κ1) is 34.3. The van der Waals surface area contributed by atoms with E-state index in [1.165, 1.54) is 63.7 Å². The number of carbonyl (C=O) groups is 2. The minimum absolute atomic E-state index is 0.000355. The number of anilines is 1. The molecule has 11 nitrogen and oxygen atoms in total. The number of hydrogen-bond acceptors (Lipinski definition) is 8. The Hall–Kier alpha value is -4.16. The molecule has 2 amide bonds. The van der Waals surface area contributed by atoms with Crippen molar-refractivity contribution < 1.29 is 37.0 Å². The molecule has 0 aliphatic heterocycles. The molecule has 238 valence electrons. The van der Waals surface area contributed by atoms with E-state index in [9.17, 15) is 18.0 Å². The monoisotopic (exact) mass is 647 g/mol. The van der Waals surface area contributed by atoms with Crippen molar-refractivity contribution in [3.05, 3.63) is 71.2 Å². The van der Waals surface area contributed by atoms with Crippen molar-refractivity contribution in [1.82, 2.24) is 10.2 Å². The molecule has 0 saturated heterocycles. The van der Waals surface area contributed by atoms with Crippen LogP contribution in [0.5, 0.6) is 23.0 Å². The maximum Gasteiger partial charge on any atom is 0.265 e. The van der Waals surface area contributed by atoms with Crippen molar-refractivity contribution in [3.63, 3.8) is 0 Å². The van der Waals surface area contributed by atoms with E-state index in [4.69, 9.17) is 30.5 Å². The van der Waals surface area contributed by atoms with Gasteiger partial charge >= 0.3 is 0 Å². The zero-order valence-electron chi connectivity index (χ0n) is 25.8. The second kappa shape index (κ2) is 15.0. The summed E-state index contributed by atoms with van der Waals surface area (Å²) in [5.41, 5.74) is 0.709.